The van der Waals surface area contributed by atoms with Gasteiger partial charge in [-0.05, 0) is 53.5 Å². The van der Waals surface area contributed by atoms with E-state index in [1.807, 2.05) is 39.2 Å². The number of nitrogens with zero attached hydrogens (tertiary/aromatic N) is 7. The summed E-state index contributed by atoms with van der Waals surface area (Å²) >= 11 is 6.50. The average Bonchev–Trinajstić information content (AvgIpc) is 3.49. The predicted molar refractivity (Wildman–Crippen MR) is 183 cm³/mol. The summed E-state index contributed by atoms with van der Waals surface area (Å²) in [4.78, 5) is 36.8. The number of aromatic carboxylic acids is 1. The van der Waals surface area contributed by atoms with Gasteiger partial charge in [-0.3, -0.25) is 4.79 Å². The van der Waals surface area contributed by atoms with Crippen LogP contribution in [0.1, 0.15) is 75.9 Å². The Morgan fingerprint density at radius 2 is 2.06 bits per heavy atom. The normalized spacial score (nSPS) is 16.5. The first-order chi connectivity index (χ1) is 23.0. The van der Waals surface area contributed by atoms with Crippen LogP contribution in [0.3, 0.4) is 0 Å². The number of carbonyl (C=O) groups is 1. The SMILES string of the molecule is C=Cc1nc(N(C)C)ncc1-n1nc(C(=O)O)c2c1C(C)c1cc(C#N)ccc1C2Nc1cc(Cl)c(=O)n(CC2=CC=C(OC)CC2)c1. The number of allylic oxidation sites excluding steroid dienone is 4. The highest BCUT2D eigenvalue weighted by molar-refractivity contribution is 6.30. The number of ether oxygens (including phenoxy) is 1. The van der Waals surface area contributed by atoms with E-state index in [1.54, 1.807) is 47.3 Å². The lowest BCUT2D eigenvalue weighted by Gasteiger charge is -2.32. The Morgan fingerprint density at radius 1 is 1.27 bits per heavy atom. The maximum Gasteiger partial charge on any atom is 0.356 e. The topological polar surface area (TPSA) is 151 Å². The molecule has 0 bridgehead atoms. The van der Waals surface area contributed by atoms with E-state index < -0.39 is 12.0 Å². The molecule has 48 heavy (non-hydrogen) atoms. The van der Waals surface area contributed by atoms with Gasteiger partial charge in [-0.25, -0.2) is 19.4 Å². The van der Waals surface area contributed by atoms with E-state index in [0.29, 0.717) is 46.4 Å². The number of aromatic nitrogens is 5. The van der Waals surface area contributed by atoms with Gasteiger partial charge in [0.1, 0.15) is 10.7 Å². The first-order valence-electron chi connectivity index (χ1n) is 15.2. The molecular weight excluding hydrogens is 632 g/mol. The first kappa shape index (κ1) is 32.3. The number of benzene rings is 1. The van der Waals surface area contributed by atoms with E-state index in [2.05, 4.69) is 33.0 Å². The van der Waals surface area contributed by atoms with Crippen molar-refractivity contribution in [2.75, 3.05) is 31.4 Å². The molecule has 1 aromatic carbocycles. The van der Waals surface area contributed by atoms with Gasteiger partial charge in [0.25, 0.3) is 5.56 Å². The Hall–Kier alpha value is -5.67. The van der Waals surface area contributed by atoms with Gasteiger partial charge in [0, 0.05) is 44.7 Å². The first-order valence-corrected chi connectivity index (χ1v) is 15.6. The zero-order valence-electron chi connectivity index (χ0n) is 26.9. The highest BCUT2D eigenvalue weighted by Crippen LogP contribution is 2.46. The molecular formula is C35H33ClN8O4. The monoisotopic (exact) mass is 664 g/mol. The van der Waals surface area contributed by atoms with Crippen LogP contribution in [0.2, 0.25) is 5.02 Å². The van der Waals surface area contributed by atoms with Crippen LogP contribution in [-0.4, -0.2) is 56.6 Å². The summed E-state index contributed by atoms with van der Waals surface area (Å²) in [6, 6.07) is 8.33. The van der Waals surface area contributed by atoms with Gasteiger partial charge in [-0.2, -0.15) is 10.4 Å². The number of anilines is 2. The van der Waals surface area contributed by atoms with Crippen LogP contribution < -0.4 is 15.8 Å². The molecule has 0 aliphatic heterocycles. The van der Waals surface area contributed by atoms with Crippen LogP contribution >= 0.6 is 11.6 Å². The van der Waals surface area contributed by atoms with Crippen LogP contribution in [0.15, 0.2) is 71.5 Å². The summed E-state index contributed by atoms with van der Waals surface area (Å²) < 4.78 is 8.43. The smallest absolute Gasteiger partial charge is 0.356 e. The van der Waals surface area contributed by atoms with E-state index in [9.17, 15) is 20.0 Å². The van der Waals surface area contributed by atoms with Gasteiger partial charge in [-0.15, -0.1) is 0 Å². The summed E-state index contributed by atoms with van der Waals surface area (Å²) in [7, 11) is 5.27. The lowest BCUT2D eigenvalue weighted by Crippen LogP contribution is -2.27. The van der Waals surface area contributed by atoms with Crippen molar-refractivity contribution in [3.8, 4) is 11.8 Å². The van der Waals surface area contributed by atoms with Gasteiger partial charge in [0.15, 0.2) is 5.69 Å². The van der Waals surface area contributed by atoms with Crippen LogP contribution in [0.5, 0.6) is 0 Å². The number of nitrogens with one attached hydrogen (secondary N) is 1. The zero-order valence-corrected chi connectivity index (χ0v) is 27.6. The summed E-state index contributed by atoms with van der Waals surface area (Å²) in [5, 5.41) is 28.4. The fourth-order valence-electron chi connectivity index (χ4n) is 6.27. The fourth-order valence-corrected chi connectivity index (χ4v) is 6.50. The lowest BCUT2D eigenvalue weighted by atomic mass is 9.78. The molecule has 4 aromatic rings. The van der Waals surface area contributed by atoms with E-state index in [4.69, 9.17) is 16.3 Å². The molecule has 2 aliphatic rings. The van der Waals surface area contributed by atoms with E-state index in [0.717, 1.165) is 35.3 Å². The summed E-state index contributed by atoms with van der Waals surface area (Å²) in [6.07, 6.45) is 10.1. The minimum Gasteiger partial charge on any atom is -0.501 e. The molecule has 0 saturated carbocycles. The van der Waals surface area contributed by atoms with Crippen molar-refractivity contribution in [3.63, 3.8) is 0 Å². The molecule has 2 atom stereocenters. The van der Waals surface area contributed by atoms with Gasteiger partial charge < -0.3 is 24.6 Å². The maximum absolute atomic E-state index is 13.1. The molecule has 13 heteroatoms. The molecule has 0 spiro atoms. The largest absolute Gasteiger partial charge is 0.501 e. The Kier molecular flexibility index (Phi) is 8.64. The van der Waals surface area contributed by atoms with Crippen molar-refractivity contribution < 1.29 is 14.6 Å². The van der Waals surface area contributed by atoms with Crippen molar-refractivity contribution >= 4 is 35.3 Å². The second kappa shape index (κ2) is 12.8. The van der Waals surface area contributed by atoms with Crippen molar-refractivity contribution in [2.24, 2.45) is 0 Å². The number of hydrogen-bond donors (Lipinski definition) is 2. The van der Waals surface area contributed by atoms with Crippen molar-refractivity contribution in [1.29, 1.82) is 5.26 Å². The Balaban J connectivity index is 1.52. The number of carboxylic acid groups (broad SMARTS) is 1. The molecule has 244 valence electrons. The molecule has 2 unspecified atom stereocenters. The molecule has 6 rings (SSSR count). The quantitative estimate of drug-likeness (QED) is 0.229. The van der Waals surface area contributed by atoms with E-state index in [-0.39, 0.29) is 22.2 Å². The number of carboxylic acids is 1. The number of pyridine rings is 1. The number of hydrogen-bond acceptors (Lipinski definition) is 9. The van der Waals surface area contributed by atoms with Gasteiger partial charge in [0.05, 0.1) is 53.8 Å². The zero-order chi connectivity index (χ0) is 34.3. The third-order valence-electron chi connectivity index (χ3n) is 8.65. The number of rotatable bonds is 9. The molecule has 0 radical (unpaired) electrons. The van der Waals surface area contributed by atoms with Gasteiger partial charge in [-0.1, -0.05) is 37.2 Å². The molecule has 2 aliphatic carbocycles. The minimum atomic E-state index is -1.22. The van der Waals surface area contributed by atoms with Crippen molar-refractivity contribution in [3.05, 3.63) is 121 Å². The van der Waals surface area contributed by atoms with E-state index in [1.165, 1.54) is 10.6 Å². The lowest BCUT2D eigenvalue weighted by molar-refractivity contribution is 0.0688. The second-order valence-corrected chi connectivity index (χ2v) is 12.2. The molecule has 0 amide bonds. The van der Waals surface area contributed by atoms with Crippen LogP contribution in [0.4, 0.5) is 11.6 Å². The maximum atomic E-state index is 13.1. The number of fused-ring (bicyclic) bond motifs is 2. The highest BCUT2D eigenvalue weighted by atomic mass is 35.5. The molecule has 2 N–H and O–H groups in total. The summed E-state index contributed by atoms with van der Waals surface area (Å²) in [5.74, 6) is -0.275. The Labute approximate surface area is 281 Å². The molecule has 3 aromatic heterocycles. The molecule has 0 saturated heterocycles. The Bertz CT molecular complexity index is 2140. The van der Waals surface area contributed by atoms with Crippen LogP contribution in [-0.2, 0) is 11.3 Å². The third kappa shape index (κ3) is 5.73. The standard InChI is InChI=1S/C35H33ClN8O4/c1-6-27-28(16-38-35(40-27)42(3)4)44-32-19(2)25-13-21(15-37)9-12-24(25)30(29(32)31(41-44)34(46)47)39-22-14-26(36)33(45)43(18-22)17-20-7-10-23(48-5)11-8-20/h6-7,9-10,12-14,16,18-19,30,39H,1,8,11,17H2,2-5H3,(H,46,47). The summed E-state index contributed by atoms with van der Waals surface area (Å²) in [5.41, 5.74) is 4.99. The second-order valence-electron chi connectivity index (χ2n) is 11.8. The third-order valence-corrected chi connectivity index (χ3v) is 8.92. The van der Waals surface area contributed by atoms with Crippen molar-refractivity contribution in [2.45, 2.75) is 38.3 Å². The average molecular weight is 665 g/mol. The van der Waals surface area contributed by atoms with Crippen molar-refractivity contribution in [1.82, 2.24) is 24.3 Å². The van der Waals surface area contributed by atoms with Gasteiger partial charge >= 0.3 is 5.97 Å². The van der Waals surface area contributed by atoms with Crippen LogP contribution in [0, 0.1) is 11.3 Å². The number of nitriles is 1. The van der Waals surface area contributed by atoms with Crippen LogP contribution in [0.25, 0.3) is 11.8 Å². The summed E-state index contributed by atoms with van der Waals surface area (Å²) in [6.45, 7) is 6.19. The molecule has 0 fully saturated rings. The van der Waals surface area contributed by atoms with Gasteiger partial charge in [0.2, 0.25) is 5.95 Å². The number of methoxy groups -OCH3 is 1. The Morgan fingerprint density at radius 3 is 2.71 bits per heavy atom. The molecule has 3 heterocycles. The number of halogens is 1. The van der Waals surface area contributed by atoms with E-state index >= 15 is 0 Å². The fraction of sp³-hybridized carbons (Fsp3) is 0.257. The predicted octanol–water partition coefficient (Wildman–Crippen LogP) is 5.67. The molecule has 12 nitrogen and oxygen atoms in total. The highest BCUT2D eigenvalue weighted by Gasteiger charge is 2.39. The minimum absolute atomic E-state index is 0.0110.